The van der Waals surface area contributed by atoms with Crippen LogP contribution < -0.4 is 0 Å². The number of rotatable bonds is 0. The second-order valence-electron chi connectivity index (χ2n) is 2.56. The summed E-state index contributed by atoms with van der Waals surface area (Å²) in [6.07, 6.45) is 10.0. The molecule has 0 aromatic rings. The first-order chi connectivity index (χ1) is 7.70. The van der Waals surface area contributed by atoms with E-state index < -0.39 is 17.9 Å². The minimum atomic E-state index is -0.833. The monoisotopic (exact) mass is 293 g/mol. The van der Waals surface area contributed by atoms with Gasteiger partial charge in [-0.05, 0) is 0 Å². The van der Waals surface area contributed by atoms with Gasteiger partial charge in [-0.15, -0.1) is 6.42 Å². The van der Waals surface area contributed by atoms with Gasteiger partial charge in [0.1, 0.15) is 0 Å². The molecular weight excluding hydrogens is 276 g/mol. The van der Waals surface area contributed by atoms with E-state index in [2.05, 4.69) is 12.2 Å². The van der Waals surface area contributed by atoms with Crippen LogP contribution >= 0.6 is 0 Å². The van der Waals surface area contributed by atoms with Gasteiger partial charge in [-0.2, -0.15) is 6.08 Å². The van der Waals surface area contributed by atoms with Gasteiger partial charge in [0.2, 0.25) is 0 Å². The number of hydrogen-bond donors (Lipinski definition) is 3. The summed E-state index contributed by atoms with van der Waals surface area (Å²) in [4.78, 5) is 27.0. The Bertz CT molecular complexity index is 233. The first kappa shape index (κ1) is 25.4. The Morgan fingerprint density at radius 3 is 1.28 bits per heavy atom. The van der Waals surface area contributed by atoms with Crippen molar-refractivity contribution in [2.45, 2.75) is 27.2 Å². The van der Waals surface area contributed by atoms with Gasteiger partial charge in [-0.1, -0.05) is 0 Å². The van der Waals surface area contributed by atoms with Crippen molar-refractivity contribution in [2.24, 2.45) is 0 Å². The SMILES string of the molecule is CC(=O)O.CC(=O)O.CC(=O)O.[C-]1=CC=CC1.[Ti]. The van der Waals surface area contributed by atoms with E-state index in [1.54, 1.807) is 0 Å². The van der Waals surface area contributed by atoms with Crippen LogP contribution in [0.2, 0.25) is 0 Å². The molecule has 1 rings (SSSR count). The third-order valence-electron chi connectivity index (χ3n) is 0.586. The number of carbonyl (C=O) groups is 3. The Hall–Kier alpha value is -1.40. The van der Waals surface area contributed by atoms with Crippen molar-refractivity contribution in [3.63, 3.8) is 0 Å². The summed E-state index contributed by atoms with van der Waals surface area (Å²) in [7, 11) is 0. The molecule has 0 radical (unpaired) electrons. The molecule has 0 aromatic heterocycles. The zero-order valence-electron chi connectivity index (χ0n) is 10.5. The molecule has 0 saturated carbocycles. The van der Waals surface area contributed by atoms with E-state index in [0.29, 0.717) is 0 Å². The van der Waals surface area contributed by atoms with Crippen molar-refractivity contribution in [1.82, 2.24) is 0 Å². The van der Waals surface area contributed by atoms with Crippen LogP contribution in [0.5, 0.6) is 0 Å². The summed E-state index contributed by atoms with van der Waals surface area (Å²) >= 11 is 0. The molecule has 7 heteroatoms. The summed E-state index contributed by atoms with van der Waals surface area (Å²) in [6, 6.07) is 0. The summed E-state index contributed by atoms with van der Waals surface area (Å²) in [5.74, 6) is -2.50. The Balaban J connectivity index is -0.0000000719. The van der Waals surface area contributed by atoms with Crippen molar-refractivity contribution >= 4 is 17.9 Å². The van der Waals surface area contributed by atoms with E-state index in [0.717, 1.165) is 27.2 Å². The fourth-order valence-electron chi connectivity index (χ4n) is 0.340. The van der Waals surface area contributed by atoms with Crippen LogP contribution in [0, 0.1) is 6.08 Å². The Morgan fingerprint density at radius 2 is 1.22 bits per heavy atom. The van der Waals surface area contributed by atoms with Gasteiger partial charge in [-0.3, -0.25) is 20.5 Å². The molecule has 3 N–H and O–H groups in total. The first-order valence-electron chi connectivity index (χ1n) is 4.50. The van der Waals surface area contributed by atoms with Crippen LogP contribution in [-0.4, -0.2) is 33.2 Å². The molecule has 0 atom stereocenters. The zero-order valence-corrected chi connectivity index (χ0v) is 12.1. The first-order valence-corrected chi connectivity index (χ1v) is 4.50. The van der Waals surface area contributed by atoms with Gasteiger partial charge in [0.25, 0.3) is 17.9 Å². The van der Waals surface area contributed by atoms with E-state index in [9.17, 15) is 0 Å². The number of aliphatic carboxylic acids is 3. The number of carboxylic acid groups (broad SMARTS) is 3. The fourth-order valence-corrected chi connectivity index (χ4v) is 0.340. The Morgan fingerprint density at radius 1 is 0.944 bits per heavy atom. The van der Waals surface area contributed by atoms with Crippen LogP contribution in [0.25, 0.3) is 0 Å². The maximum Gasteiger partial charge on any atom is 0.300 e. The van der Waals surface area contributed by atoms with Crippen molar-refractivity contribution in [3.05, 3.63) is 24.3 Å². The predicted octanol–water partition coefficient (Wildman–Crippen LogP) is 1.58. The minimum Gasteiger partial charge on any atom is -0.481 e. The van der Waals surface area contributed by atoms with E-state index in [1.807, 2.05) is 12.2 Å². The summed E-state index contributed by atoms with van der Waals surface area (Å²) in [5.41, 5.74) is 0. The smallest absolute Gasteiger partial charge is 0.300 e. The maximum absolute atomic E-state index is 9.00. The van der Waals surface area contributed by atoms with Gasteiger partial charge >= 0.3 is 0 Å². The summed E-state index contributed by atoms with van der Waals surface area (Å²) in [5, 5.41) is 22.2. The van der Waals surface area contributed by atoms with Crippen molar-refractivity contribution in [2.75, 3.05) is 0 Å². The minimum absolute atomic E-state index is 0. The van der Waals surface area contributed by atoms with Gasteiger partial charge < -0.3 is 15.3 Å². The molecule has 6 nitrogen and oxygen atoms in total. The summed E-state index contributed by atoms with van der Waals surface area (Å²) < 4.78 is 0. The maximum atomic E-state index is 9.00. The molecule has 0 unspecified atom stereocenters. The van der Waals surface area contributed by atoms with Crippen LogP contribution in [0.3, 0.4) is 0 Å². The molecule has 0 heterocycles. The largest absolute Gasteiger partial charge is 0.481 e. The predicted molar refractivity (Wildman–Crippen MR) is 61.5 cm³/mol. The second-order valence-corrected chi connectivity index (χ2v) is 2.56. The molecule has 0 amide bonds. The van der Waals surface area contributed by atoms with Crippen LogP contribution in [0.15, 0.2) is 18.2 Å². The normalized spacial score (nSPS) is 9.06. The third-order valence-corrected chi connectivity index (χ3v) is 0.586. The second kappa shape index (κ2) is 20.9. The van der Waals surface area contributed by atoms with E-state index in [-0.39, 0.29) is 21.7 Å². The molecule has 0 aromatic carbocycles. The molecule has 102 valence electrons. The summed E-state index contributed by atoms with van der Waals surface area (Å²) in [6.45, 7) is 3.25. The quantitative estimate of drug-likeness (QED) is 0.461. The average molecular weight is 293 g/mol. The number of allylic oxidation sites excluding steroid dienone is 4. The molecule has 1 aliphatic carbocycles. The van der Waals surface area contributed by atoms with Crippen LogP contribution in [0.1, 0.15) is 27.2 Å². The van der Waals surface area contributed by atoms with Crippen LogP contribution in [-0.2, 0) is 36.1 Å². The van der Waals surface area contributed by atoms with Gasteiger partial charge in [0.05, 0.1) is 0 Å². The average Bonchev–Trinajstić information content (AvgIpc) is 2.53. The molecule has 0 saturated heterocycles. The van der Waals surface area contributed by atoms with Gasteiger partial charge in [-0.25, -0.2) is 12.2 Å². The van der Waals surface area contributed by atoms with Crippen molar-refractivity contribution in [3.8, 4) is 0 Å². The molecule has 0 bridgehead atoms. The van der Waals surface area contributed by atoms with Crippen molar-refractivity contribution < 1.29 is 51.4 Å². The van der Waals surface area contributed by atoms with Crippen molar-refractivity contribution in [1.29, 1.82) is 0 Å². The topological polar surface area (TPSA) is 112 Å². The molecular formula is C11H17O6Ti-. The zero-order chi connectivity index (χ0) is 14.3. The molecule has 0 spiro atoms. The van der Waals surface area contributed by atoms with E-state index >= 15 is 0 Å². The molecule has 18 heavy (non-hydrogen) atoms. The van der Waals surface area contributed by atoms with Gasteiger partial charge in [0.15, 0.2) is 0 Å². The van der Waals surface area contributed by atoms with E-state index in [4.69, 9.17) is 29.7 Å². The van der Waals surface area contributed by atoms with E-state index in [1.165, 1.54) is 0 Å². The number of hydrogen-bond acceptors (Lipinski definition) is 3. The fraction of sp³-hybridized carbons (Fsp3) is 0.364. The van der Waals surface area contributed by atoms with Gasteiger partial charge in [0, 0.05) is 42.5 Å². The standard InChI is InChI=1S/C5H5.3C2H4O2.Ti/c1-2-4-5-3-1;3*1-2(3)4;/h1-3H,4H2;3*1H3,(H,3,4);/q-1;;;;. The molecule has 0 aliphatic heterocycles. The number of carboxylic acids is 3. The third kappa shape index (κ3) is 208. The van der Waals surface area contributed by atoms with Crippen LogP contribution in [0.4, 0.5) is 0 Å². The Labute approximate surface area is 121 Å². The Kier molecular flexibility index (Phi) is 29.6. The molecule has 1 aliphatic rings. The molecule has 0 fully saturated rings.